The van der Waals surface area contributed by atoms with Gasteiger partial charge in [0.05, 0.1) is 12.2 Å². The van der Waals surface area contributed by atoms with Gasteiger partial charge in [0.25, 0.3) is 5.89 Å². The van der Waals surface area contributed by atoms with Crippen LogP contribution in [0.2, 0.25) is 0 Å². The summed E-state index contributed by atoms with van der Waals surface area (Å²) in [4.78, 5) is 4.48. The number of aliphatic hydroxyl groups is 1. The van der Waals surface area contributed by atoms with Crippen LogP contribution in [0.15, 0.2) is 59.1 Å². The molecule has 1 aromatic heterocycles. The van der Waals surface area contributed by atoms with Crippen molar-refractivity contribution in [1.29, 1.82) is 0 Å². The highest BCUT2D eigenvalue weighted by Gasteiger charge is 2.35. The van der Waals surface area contributed by atoms with Crippen LogP contribution in [0.5, 0.6) is 0 Å². The van der Waals surface area contributed by atoms with E-state index in [1.165, 1.54) is 24.8 Å². The molecule has 3 aromatic rings. The lowest BCUT2D eigenvalue weighted by Crippen LogP contribution is -2.32. The maximum atomic E-state index is 9.15. The molecule has 4 rings (SSSR count). The van der Waals surface area contributed by atoms with Crippen molar-refractivity contribution in [2.45, 2.75) is 50.9 Å². The van der Waals surface area contributed by atoms with Crippen LogP contribution in [-0.4, -0.2) is 15.2 Å². The van der Waals surface area contributed by atoms with E-state index in [4.69, 9.17) is 14.4 Å². The summed E-state index contributed by atoms with van der Waals surface area (Å²) in [5, 5.41) is 13.2. The van der Waals surface area contributed by atoms with Crippen molar-refractivity contribution < 1.29 is 14.4 Å². The zero-order chi connectivity index (χ0) is 18.5. The predicted octanol–water partition coefficient (Wildman–Crippen LogP) is 4.61. The molecule has 0 bridgehead atoms. The van der Waals surface area contributed by atoms with Crippen LogP contribution in [0.1, 0.15) is 49.1 Å². The SMILES string of the molecule is OCc1ccc(-c2noc(COC3(c4ccccc4)CCCCC3)n2)cc1. The lowest BCUT2D eigenvalue weighted by atomic mass is 9.79. The smallest absolute Gasteiger partial charge is 0.253 e. The highest BCUT2D eigenvalue weighted by molar-refractivity contribution is 5.54. The minimum absolute atomic E-state index is 0.0210. The molecule has 5 heteroatoms. The molecule has 5 nitrogen and oxygen atoms in total. The number of ether oxygens (including phenoxy) is 1. The highest BCUT2D eigenvalue weighted by Crippen LogP contribution is 2.41. The molecule has 0 radical (unpaired) electrons. The Morgan fingerprint density at radius 2 is 1.70 bits per heavy atom. The molecule has 27 heavy (non-hydrogen) atoms. The maximum Gasteiger partial charge on any atom is 0.253 e. The number of hydrogen-bond acceptors (Lipinski definition) is 5. The Balaban J connectivity index is 1.49. The van der Waals surface area contributed by atoms with Gasteiger partial charge in [-0.05, 0) is 24.0 Å². The molecule has 1 saturated carbocycles. The minimum atomic E-state index is -0.267. The Kier molecular flexibility index (Phi) is 5.32. The van der Waals surface area contributed by atoms with Crippen LogP contribution >= 0.6 is 0 Å². The summed E-state index contributed by atoms with van der Waals surface area (Å²) < 4.78 is 11.8. The van der Waals surface area contributed by atoms with Crippen LogP contribution in [0.25, 0.3) is 11.4 Å². The Bertz CT molecular complexity index is 853. The summed E-state index contributed by atoms with van der Waals surface area (Å²) in [5.74, 6) is 1.02. The first kappa shape index (κ1) is 17.9. The van der Waals surface area contributed by atoms with Crippen LogP contribution < -0.4 is 0 Å². The quantitative estimate of drug-likeness (QED) is 0.692. The van der Waals surface area contributed by atoms with Gasteiger partial charge in [0, 0.05) is 5.56 Å². The van der Waals surface area contributed by atoms with Gasteiger partial charge in [-0.2, -0.15) is 4.98 Å². The largest absolute Gasteiger partial charge is 0.392 e. The van der Waals surface area contributed by atoms with Crippen molar-refractivity contribution in [3.8, 4) is 11.4 Å². The van der Waals surface area contributed by atoms with E-state index in [0.717, 1.165) is 24.0 Å². The molecule has 0 saturated heterocycles. The number of aromatic nitrogens is 2. The molecule has 0 amide bonds. The van der Waals surface area contributed by atoms with Crippen LogP contribution in [0.3, 0.4) is 0 Å². The van der Waals surface area contributed by atoms with Crippen molar-refractivity contribution in [3.05, 3.63) is 71.6 Å². The van der Waals surface area contributed by atoms with Gasteiger partial charge in [0.15, 0.2) is 0 Å². The monoisotopic (exact) mass is 364 g/mol. The van der Waals surface area contributed by atoms with E-state index in [1.807, 2.05) is 30.3 Å². The van der Waals surface area contributed by atoms with E-state index < -0.39 is 0 Å². The summed E-state index contributed by atoms with van der Waals surface area (Å²) in [6, 6.07) is 17.9. The van der Waals surface area contributed by atoms with E-state index >= 15 is 0 Å². The molecular weight excluding hydrogens is 340 g/mol. The van der Waals surface area contributed by atoms with Gasteiger partial charge in [-0.3, -0.25) is 0 Å². The third-order valence-electron chi connectivity index (χ3n) is 5.30. The second kappa shape index (κ2) is 8.03. The standard InChI is InChI=1S/C22H24N2O3/c25-15-17-9-11-18(12-10-17)21-23-20(27-24-21)16-26-22(13-5-2-6-14-22)19-7-3-1-4-8-19/h1,3-4,7-12,25H,2,5-6,13-16H2. The molecule has 0 aliphatic heterocycles. The molecule has 0 spiro atoms. The molecule has 1 fully saturated rings. The fraction of sp³-hybridized carbons (Fsp3) is 0.364. The summed E-state index contributed by atoms with van der Waals surface area (Å²) >= 11 is 0. The van der Waals surface area contributed by atoms with Crippen LogP contribution in [0, 0.1) is 0 Å². The summed E-state index contributed by atoms with van der Waals surface area (Å²) in [7, 11) is 0. The molecule has 0 atom stereocenters. The van der Waals surface area contributed by atoms with Crippen molar-refractivity contribution >= 4 is 0 Å². The third kappa shape index (κ3) is 3.94. The molecule has 0 unspecified atom stereocenters. The zero-order valence-electron chi connectivity index (χ0n) is 15.3. The Morgan fingerprint density at radius 3 is 2.41 bits per heavy atom. The van der Waals surface area contributed by atoms with Crippen LogP contribution in [-0.2, 0) is 23.6 Å². The first-order valence-electron chi connectivity index (χ1n) is 9.51. The van der Waals surface area contributed by atoms with Gasteiger partial charge in [-0.15, -0.1) is 0 Å². The maximum absolute atomic E-state index is 9.15. The topological polar surface area (TPSA) is 68.4 Å². The molecule has 1 aliphatic carbocycles. The first-order chi connectivity index (χ1) is 13.3. The highest BCUT2D eigenvalue weighted by atomic mass is 16.5. The Labute approximate surface area is 159 Å². The Morgan fingerprint density at radius 1 is 0.963 bits per heavy atom. The second-order valence-corrected chi connectivity index (χ2v) is 7.08. The predicted molar refractivity (Wildman–Crippen MR) is 102 cm³/mol. The number of rotatable bonds is 6. The van der Waals surface area contributed by atoms with Gasteiger partial charge in [0.1, 0.15) is 6.61 Å². The van der Waals surface area contributed by atoms with Crippen LogP contribution in [0.4, 0.5) is 0 Å². The van der Waals surface area contributed by atoms with Crippen molar-refractivity contribution in [3.63, 3.8) is 0 Å². The van der Waals surface area contributed by atoms with Gasteiger partial charge in [-0.1, -0.05) is 79.0 Å². The molecule has 140 valence electrons. The average Bonchev–Trinajstić information content (AvgIpc) is 3.23. The third-order valence-corrected chi connectivity index (χ3v) is 5.30. The minimum Gasteiger partial charge on any atom is -0.392 e. The van der Waals surface area contributed by atoms with E-state index in [-0.39, 0.29) is 12.2 Å². The lowest BCUT2D eigenvalue weighted by molar-refractivity contribution is -0.0937. The van der Waals surface area contributed by atoms with Gasteiger partial charge < -0.3 is 14.4 Å². The molecule has 1 N–H and O–H groups in total. The summed E-state index contributed by atoms with van der Waals surface area (Å²) in [5.41, 5.74) is 2.67. The van der Waals surface area contributed by atoms with Gasteiger partial charge in [0.2, 0.25) is 5.82 Å². The second-order valence-electron chi connectivity index (χ2n) is 7.08. The molecule has 1 heterocycles. The number of hydrogen-bond donors (Lipinski definition) is 1. The van der Waals surface area contributed by atoms with E-state index in [1.54, 1.807) is 0 Å². The fourth-order valence-corrected chi connectivity index (χ4v) is 3.77. The fourth-order valence-electron chi connectivity index (χ4n) is 3.77. The molecular formula is C22H24N2O3. The average molecular weight is 364 g/mol. The molecule has 2 aromatic carbocycles. The van der Waals surface area contributed by atoms with E-state index in [9.17, 15) is 0 Å². The number of benzene rings is 2. The number of aliphatic hydroxyl groups excluding tert-OH is 1. The van der Waals surface area contributed by atoms with Crippen molar-refractivity contribution in [1.82, 2.24) is 10.1 Å². The zero-order valence-corrected chi connectivity index (χ0v) is 15.3. The molecule has 1 aliphatic rings. The summed E-state index contributed by atoms with van der Waals surface area (Å²) in [6.07, 6.45) is 5.62. The number of nitrogens with zero attached hydrogens (tertiary/aromatic N) is 2. The van der Waals surface area contributed by atoms with Crippen molar-refractivity contribution in [2.24, 2.45) is 0 Å². The van der Waals surface area contributed by atoms with Crippen molar-refractivity contribution in [2.75, 3.05) is 0 Å². The first-order valence-corrected chi connectivity index (χ1v) is 9.51. The van der Waals surface area contributed by atoms with Gasteiger partial charge >= 0.3 is 0 Å². The Hall–Kier alpha value is -2.50. The normalized spacial score (nSPS) is 16.3. The lowest BCUT2D eigenvalue weighted by Gasteiger charge is -2.37. The van der Waals surface area contributed by atoms with E-state index in [2.05, 4.69) is 34.4 Å². The van der Waals surface area contributed by atoms with E-state index in [0.29, 0.717) is 18.3 Å². The summed E-state index contributed by atoms with van der Waals surface area (Å²) in [6.45, 7) is 0.323. The van der Waals surface area contributed by atoms with Gasteiger partial charge in [-0.25, -0.2) is 0 Å².